The Morgan fingerprint density at radius 2 is 1.76 bits per heavy atom. The van der Waals surface area contributed by atoms with Crippen LogP contribution in [-0.4, -0.2) is 7.11 Å². The number of hydrogen-bond acceptors (Lipinski definition) is 3. The fourth-order valence-corrected chi connectivity index (χ4v) is 1.55. The predicted octanol–water partition coefficient (Wildman–Crippen LogP) is 3.38. The van der Waals surface area contributed by atoms with E-state index in [4.69, 9.17) is 15.2 Å². The van der Waals surface area contributed by atoms with Gasteiger partial charge in [0, 0.05) is 6.07 Å². The van der Waals surface area contributed by atoms with Crippen LogP contribution in [-0.2, 0) is 0 Å². The lowest BCUT2D eigenvalue weighted by atomic mass is 10.2. The standard InChI is InChI=1S/C14H15NO2/c1-10-6-7-14(13(15)8-10)17-12-5-3-4-11(9-12)16-2/h3-9H,15H2,1-2H3. The SMILES string of the molecule is COc1cccc(Oc2ccc(C)cc2N)c1. The van der Waals surface area contributed by atoms with Crippen molar-refractivity contribution in [2.24, 2.45) is 0 Å². The third-order valence-corrected chi connectivity index (χ3v) is 2.43. The molecular formula is C14H15NO2. The molecule has 0 bridgehead atoms. The Morgan fingerprint density at radius 3 is 2.47 bits per heavy atom. The number of nitrogen functional groups attached to an aromatic ring is 1. The molecule has 0 spiro atoms. The highest BCUT2D eigenvalue weighted by Crippen LogP contribution is 2.29. The van der Waals surface area contributed by atoms with E-state index in [0.29, 0.717) is 17.2 Å². The Kier molecular flexibility index (Phi) is 3.19. The van der Waals surface area contributed by atoms with Crippen LogP contribution in [0.3, 0.4) is 0 Å². The highest BCUT2D eigenvalue weighted by atomic mass is 16.5. The van der Waals surface area contributed by atoms with Crippen molar-refractivity contribution in [3.05, 3.63) is 48.0 Å². The highest BCUT2D eigenvalue weighted by molar-refractivity contribution is 5.55. The monoisotopic (exact) mass is 229 g/mol. The van der Waals surface area contributed by atoms with E-state index < -0.39 is 0 Å². The fourth-order valence-electron chi connectivity index (χ4n) is 1.55. The molecule has 88 valence electrons. The average Bonchev–Trinajstić information content (AvgIpc) is 2.33. The Balaban J connectivity index is 2.25. The minimum absolute atomic E-state index is 0.632. The normalized spacial score (nSPS) is 10.0. The molecule has 0 aliphatic heterocycles. The first-order chi connectivity index (χ1) is 8.19. The Bertz CT molecular complexity index is 523. The lowest BCUT2D eigenvalue weighted by molar-refractivity contribution is 0.409. The van der Waals surface area contributed by atoms with Crippen molar-refractivity contribution in [3.8, 4) is 17.2 Å². The molecule has 2 aromatic rings. The smallest absolute Gasteiger partial charge is 0.150 e. The molecule has 2 N–H and O–H groups in total. The van der Waals surface area contributed by atoms with E-state index in [-0.39, 0.29) is 0 Å². The largest absolute Gasteiger partial charge is 0.497 e. The van der Waals surface area contributed by atoms with Crippen LogP contribution in [0.15, 0.2) is 42.5 Å². The summed E-state index contributed by atoms with van der Waals surface area (Å²) in [7, 11) is 1.62. The average molecular weight is 229 g/mol. The van der Waals surface area contributed by atoms with Crippen molar-refractivity contribution < 1.29 is 9.47 Å². The minimum atomic E-state index is 0.632. The van der Waals surface area contributed by atoms with Crippen molar-refractivity contribution in [1.82, 2.24) is 0 Å². The summed E-state index contributed by atoms with van der Waals surface area (Å²) in [4.78, 5) is 0. The van der Waals surface area contributed by atoms with Crippen LogP contribution < -0.4 is 15.2 Å². The van der Waals surface area contributed by atoms with Gasteiger partial charge in [0.15, 0.2) is 0 Å². The van der Waals surface area contributed by atoms with E-state index in [2.05, 4.69) is 0 Å². The first-order valence-corrected chi connectivity index (χ1v) is 5.37. The molecule has 3 heteroatoms. The summed E-state index contributed by atoms with van der Waals surface area (Å²) in [5.74, 6) is 2.12. The van der Waals surface area contributed by atoms with Crippen molar-refractivity contribution in [1.29, 1.82) is 0 Å². The molecule has 17 heavy (non-hydrogen) atoms. The first-order valence-electron chi connectivity index (χ1n) is 5.37. The van der Waals surface area contributed by atoms with Crippen LogP contribution >= 0.6 is 0 Å². The second kappa shape index (κ2) is 4.78. The van der Waals surface area contributed by atoms with Gasteiger partial charge in [-0.2, -0.15) is 0 Å². The molecule has 0 amide bonds. The van der Waals surface area contributed by atoms with Gasteiger partial charge in [-0.3, -0.25) is 0 Å². The molecule has 0 saturated carbocycles. The first kappa shape index (κ1) is 11.3. The van der Waals surface area contributed by atoms with Gasteiger partial charge in [0.2, 0.25) is 0 Å². The molecule has 2 aromatic carbocycles. The molecule has 0 fully saturated rings. The van der Waals surface area contributed by atoms with Gasteiger partial charge in [0.1, 0.15) is 17.2 Å². The fraction of sp³-hybridized carbons (Fsp3) is 0.143. The molecule has 0 aliphatic rings. The summed E-state index contributed by atoms with van der Waals surface area (Å²) in [6, 6.07) is 13.1. The Morgan fingerprint density at radius 1 is 1.00 bits per heavy atom. The van der Waals surface area contributed by atoms with E-state index in [1.807, 2.05) is 49.4 Å². The van der Waals surface area contributed by atoms with Gasteiger partial charge >= 0.3 is 0 Å². The summed E-state index contributed by atoms with van der Waals surface area (Å²) in [5, 5.41) is 0. The number of hydrogen-bond donors (Lipinski definition) is 1. The van der Waals surface area contributed by atoms with Crippen LogP contribution in [0.5, 0.6) is 17.2 Å². The van der Waals surface area contributed by atoms with Gasteiger partial charge in [0.25, 0.3) is 0 Å². The third-order valence-electron chi connectivity index (χ3n) is 2.43. The van der Waals surface area contributed by atoms with Gasteiger partial charge in [0.05, 0.1) is 12.8 Å². The maximum absolute atomic E-state index is 5.88. The third kappa shape index (κ3) is 2.69. The number of ether oxygens (including phenoxy) is 2. The van der Waals surface area contributed by atoms with Crippen molar-refractivity contribution >= 4 is 5.69 Å². The lowest BCUT2D eigenvalue weighted by Gasteiger charge is -2.09. The molecule has 0 heterocycles. The van der Waals surface area contributed by atoms with Crippen molar-refractivity contribution in [2.75, 3.05) is 12.8 Å². The summed E-state index contributed by atoms with van der Waals surface area (Å²) in [6.07, 6.45) is 0. The molecule has 2 rings (SSSR count). The zero-order valence-electron chi connectivity index (χ0n) is 9.94. The Hall–Kier alpha value is -2.16. The topological polar surface area (TPSA) is 44.5 Å². The molecule has 0 aliphatic carbocycles. The van der Waals surface area contributed by atoms with Crippen LogP contribution in [0, 0.1) is 6.92 Å². The lowest BCUT2D eigenvalue weighted by Crippen LogP contribution is -1.93. The molecule has 0 unspecified atom stereocenters. The van der Waals surface area contributed by atoms with Gasteiger partial charge in [-0.05, 0) is 36.8 Å². The molecule has 0 atom stereocenters. The molecular weight excluding hydrogens is 214 g/mol. The van der Waals surface area contributed by atoms with Crippen LogP contribution in [0.25, 0.3) is 0 Å². The number of methoxy groups -OCH3 is 1. The molecule has 3 nitrogen and oxygen atoms in total. The molecule has 0 saturated heterocycles. The summed E-state index contributed by atoms with van der Waals surface area (Å²) < 4.78 is 10.8. The van der Waals surface area contributed by atoms with Gasteiger partial charge in [-0.1, -0.05) is 12.1 Å². The maximum atomic E-state index is 5.88. The zero-order chi connectivity index (χ0) is 12.3. The predicted molar refractivity (Wildman–Crippen MR) is 68.7 cm³/mol. The Labute approximate surface area is 101 Å². The van der Waals surface area contributed by atoms with Crippen molar-refractivity contribution in [3.63, 3.8) is 0 Å². The maximum Gasteiger partial charge on any atom is 0.150 e. The van der Waals surface area contributed by atoms with Crippen LogP contribution in [0.1, 0.15) is 5.56 Å². The number of rotatable bonds is 3. The van der Waals surface area contributed by atoms with E-state index in [1.165, 1.54) is 0 Å². The second-order valence-corrected chi connectivity index (χ2v) is 3.82. The summed E-state index contributed by atoms with van der Waals surface area (Å²) in [6.45, 7) is 1.99. The molecule has 0 radical (unpaired) electrons. The van der Waals surface area contributed by atoms with E-state index in [9.17, 15) is 0 Å². The van der Waals surface area contributed by atoms with E-state index in [0.717, 1.165) is 11.3 Å². The van der Waals surface area contributed by atoms with Gasteiger partial charge < -0.3 is 15.2 Å². The van der Waals surface area contributed by atoms with Crippen LogP contribution in [0.2, 0.25) is 0 Å². The number of anilines is 1. The highest BCUT2D eigenvalue weighted by Gasteiger charge is 2.03. The van der Waals surface area contributed by atoms with Gasteiger partial charge in [-0.15, -0.1) is 0 Å². The summed E-state index contributed by atoms with van der Waals surface area (Å²) in [5.41, 5.74) is 7.63. The quantitative estimate of drug-likeness (QED) is 0.820. The number of aryl methyl sites for hydroxylation is 1. The van der Waals surface area contributed by atoms with Gasteiger partial charge in [-0.25, -0.2) is 0 Å². The minimum Gasteiger partial charge on any atom is -0.497 e. The second-order valence-electron chi connectivity index (χ2n) is 3.82. The number of nitrogens with two attached hydrogens (primary N) is 1. The number of benzene rings is 2. The summed E-state index contributed by atoms with van der Waals surface area (Å²) >= 11 is 0. The van der Waals surface area contributed by atoms with Crippen molar-refractivity contribution in [2.45, 2.75) is 6.92 Å². The van der Waals surface area contributed by atoms with E-state index in [1.54, 1.807) is 7.11 Å². The van der Waals surface area contributed by atoms with Crippen LogP contribution in [0.4, 0.5) is 5.69 Å². The van der Waals surface area contributed by atoms with E-state index >= 15 is 0 Å². The molecule has 0 aromatic heterocycles. The zero-order valence-corrected chi connectivity index (χ0v) is 9.94.